The molecule has 132 valence electrons. The number of nitrogens with one attached hydrogen (secondary N) is 1. The van der Waals surface area contributed by atoms with E-state index in [0.29, 0.717) is 13.1 Å². The lowest BCUT2D eigenvalue weighted by Gasteiger charge is -2.19. The van der Waals surface area contributed by atoms with Gasteiger partial charge < -0.3 is 20.1 Å². The number of hydrogen-bond acceptors (Lipinski definition) is 6. The number of aliphatic hydroxyl groups is 1. The highest BCUT2D eigenvalue weighted by Gasteiger charge is 2.16. The Labute approximate surface area is 148 Å². The predicted molar refractivity (Wildman–Crippen MR) is 99.8 cm³/mol. The van der Waals surface area contributed by atoms with Crippen LogP contribution in [-0.4, -0.2) is 55.4 Å². The molecule has 0 aliphatic rings. The third kappa shape index (κ3) is 5.01. The molecule has 2 unspecified atom stereocenters. The maximum Gasteiger partial charge on any atom is 0.123 e. The monoisotopic (exact) mass is 349 g/mol. The van der Waals surface area contributed by atoms with Crippen molar-refractivity contribution in [3.63, 3.8) is 0 Å². The van der Waals surface area contributed by atoms with Crippen molar-refractivity contribution in [2.24, 2.45) is 0 Å². The van der Waals surface area contributed by atoms with E-state index in [4.69, 9.17) is 9.72 Å². The quantitative estimate of drug-likeness (QED) is 0.767. The molecule has 0 radical (unpaired) electrons. The molecular formula is C18H27N3O2S. The first-order valence-electron chi connectivity index (χ1n) is 8.08. The minimum absolute atomic E-state index is 0.159. The smallest absolute Gasteiger partial charge is 0.123 e. The minimum atomic E-state index is -0.378. The summed E-state index contributed by atoms with van der Waals surface area (Å²) in [5, 5.41) is 14.4. The van der Waals surface area contributed by atoms with Gasteiger partial charge in [0.2, 0.25) is 0 Å². The van der Waals surface area contributed by atoms with Gasteiger partial charge in [0.1, 0.15) is 10.8 Å². The lowest BCUT2D eigenvalue weighted by Crippen LogP contribution is -2.36. The molecule has 0 saturated carbocycles. The molecule has 1 aromatic heterocycles. The number of rotatable bonds is 8. The molecule has 2 aromatic rings. The molecule has 0 bridgehead atoms. The Morgan fingerprint density at radius 1 is 1.29 bits per heavy atom. The fraction of sp³-hybridized carbons (Fsp3) is 0.500. The van der Waals surface area contributed by atoms with Crippen molar-refractivity contribution >= 4 is 11.3 Å². The summed E-state index contributed by atoms with van der Waals surface area (Å²) < 4.78 is 5.20. The highest BCUT2D eigenvalue weighted by Crippen LogP contribution is 2.32. The van der Waals surface area contributed by atoms with Crippen LogP contribution in [0.1, 0.15) is 23.5 Å². The van der Waals surface area contributed by atoms with Gasteiger partial charge in [-0.1, -0.05) is 0 Å². The van der Waals surface area contributed by atoms with Crippen LogP contribution in [0.3, 0.4) is 0 Å². The third-order valence-electron chi connectivity index (χ3n) is 3.80. The van der Waals surface area contributed by atoms with Gasteiger partial charge >= 0.3 is 0 Å². The van der Waals surface area contributed by atoms with Crippen LogP contribution in [0.5, 0.6) is 5.75 Å². The van der Waals surface area contributed by atoms with E-state index in [-0.39, 0.29) is 12.1 Å². The lowest BCUT2D eigenvalue weighted by atomic mass is 10.2. The SMILES string of the molecule is COc1ccc(-c2nc(C)c(C(C)NCC(O)CN(C)C)s2)cc1. The van der Waals surface area contributed by atoms with Crippen molar-refractivity contribution < 1.29 is 9.84 Å². The van der Waals surface area contributed by atoms with Crippen LogP contribution in [0, 0.1) is 6.92 Å². The van der Waals surface area contributed by atoms with Gasteiger partial charge in [-0.2, -0.15) is 0 Å². The Balaban J connectivity index is 2.04. The van der Waals surface area contributed by atoms with Crippen LogP contribution in [0.4, 0.5) is 0 Å². The van der Waals surface area contributed by atoms with Crippen molar-refractivity contribution in [3.8, 4) is 16.3 Å². The summed E-state index contributed by atoms with van der Waals surface area (Å²) in [6.07, 6.45) is -0.378. The van der Waals surface area contributed by atoms with E-state index in [1.807, 2.05) is 50.2 Å². The topological polar surface area (TPSA) is 57.6 Å². The van der Waals surface area contributed by atoms with Crippen LogP contribution in [0.25, 0.3) is 10.6 Å². The summed E-state index contributed by atoms with van der Waals surface area (Å²) in [6, 6.07) is 8.11. The summed E-state index contributed by atoms with van der Waals surface area (Å²) in [4.78, 5) is 7.89. The van der Waals surface area contributed by atoms with E-state index in [2.05, 4.69) is 12.2 Å². The van der Waals surface area contributed by atoms with E-state index in [9.17, 15) is 5.11 Å². The van der Waals surface area contributed by atoms with Crippen molar-refractivity contribution in [2.45, 2.75) is 26.0 Å². The normalized spacial score (nSPS) is 14.0. The Hall–Kier alpha value is -1.47. The van der Waals surface area contributed by atoms with Crippen LogP contribution in [-0.2, 0) is 0 Å². The number of aryl methyl sites for hydroxylation is 1. The van der Waals surface area contributed by atoms with E-state index >= 15 is 0 Å². The first-order valence-corrected chi connectivity index (χ1v) is 8.90. The number of likely N-dealkylation sites (N-methyl/N-ethyl adjacent to an activating group) is 1. The number of aromatic nitrogens is 1. The summed E-state index contributed by atoms with van der Waals surface area (Å²) in [6.45, 7) is 5.36. The molecule has 0 saturated heterocycles. The number of methoxy groups -OCH3 is 1. The number of ether oxygens (including phenoxy) is 1. The highest BCUT2D eigenvalue weighted by molar-refractivity contribution is 7.15. The van der Waals surface area contributed by atoms with Crippen molar-refractivity contribution in [2.75, 3.05) is 34.3 Å². The Kier molecular flexibility index (Phi) is 6.74. The standard InChI is InChI=1S/C18H27N3O2S/c1-12(19-10-15(22)11-21(3)4)17-13(2)20-18(24-17)14-6-8-16(23-5)9-7-14/h6-9,12,15,19,22H,10-11H2,1-5H3. The van der Waals surface area contributed by atoms with Crippen LogP contribution < -0.4 is 10.1 Å². The first-order chi connectivity index (χ1) is 11.4. The summed E-state index contributed by atoms with van der Waals surface area (Å²) in [5.74, 6) is 0.845. The molecule has 24 heavy (non-hydrogen) atoms. The van der Waals surface area contributed by atoms with E-state index in [0.717, 1.165) is 22.0 Å². The summed E-state index contributed by atoms with van der Waals surface area (Å²) >= 11 is 1.69. The largest absolute Gasteiger partial charge is 0.497 e. The van der Waals surface area contributed by atoms with Crippen molar-refractivity contribution in [1.82, 2.24) is 15.2 Å². The zero-order valence-corrected chi connectivity index (χ0v) is 15.9. The predicted octanol–water partition coefficient (Wildman–Crippen LogP) is 2.70. The molecule has 0 spiro atoms. The number of thiazole rings is 1. The second-order valence-electron chi connectivity index (χ2n) is 6.24. The third-order valence-corrected chi connectivity index (χ3v) is 5.19. The van der Waals surface area contributed by atoms with Gasteiger partial charge in [0, 0.05) is 29.6 Å². The van der Waals surface area contributed by atoms with Gasteiger partial charge in [0.25, 0.3) is 0 Å². The van der Waals surface area contributed by atoms with Gasteiger partial charge in [-0.15, -0.1) is 11.3 Å². The van der Waals surface area contributed by atoms with E-state index in [1.54, 1.807) is 18.4 Å². The minimum Gasteiger partial charge on any atom is -0.497 e. The van der Waals surface area contributed by atoms with Gasteiger partial charge in [-0.3, -0.25) is 0 Å². The zero-order valence-electron chi connectivity index (χ0n) is 15.0. The van der Waals surface area contributed by atoms with E-state index < -0.39 is 0 Å². The molecule has 0 aliphatic heterocycles. The number of nitrogens with zero attached hydrogens (tertiary/aromatic N) is 2. The van der Waals surface area contributed by atoms with Gasteiger partial charge in [0.05, 0.1) is 18.9 Å². The maximum absolute atomic E-state index is 9.99. The molecule has 1 heterocycles. The molecule has 0 amide bonds. The molecule has 6 heteroatoms. The van der Waals surface area contributed by atoms with Crippen molar-refractivity contribution in [1.29, 1.82) is 0 Å². The molecule has 2 atom stereocenters. The zero-order chi connectivity index (χ0) is 17.7. The molecule has 1 aromatic carbocycles. The number of benzene rings is 1. The second kappa shape index (κ2) is 8.58. The van der Waals surface area contributed by atoms with Crippen LogP contribution in [0.2, 0.25) is 0 Å². The summed E-state index contributed by atoms with van der Waals surface area (Å²) in [7, 11) is 5.58. The van der Waals surface area contributed by atoms with Crippen LogP contribution in [0.15, 0.2) is 24.3 Å². The Bertz CT molecular complexity index is 640. The molecule has 0 aliphatic carbocycles. The number of aliphatic hydroxyl groups excluding tert-OH is 1. The Morgan fingerprint density at radius 2 is 1.96 bits per heavy atom. The van der Waals surface area contributed by atoms with Crippen molar-refractivity contribution in [3.05, 3.63) is 34.8 Å². The fourth-order valence-corrected chi connectivity index (χ4v) is 3.66. The second-order valence-corrected chi connectivity index (χ2v) is 7.27. The highest BCUT2D eigenvalue weighted by atomic mass is 32.1. The average molecular weight is 350 g/mol. The van der Waals surface area contributed by atoms with E-state index in [1.165, 1.54) is 4.88 Å². The maximum atomic E-state index is 9.99. The molecule has 5 nitrogen and oxygen atoms in total. The molecular weight excluding hydrogens is 322 g/mol. The summed E-state index contributed by atoms with van der Waals surface area (Å²) in [5.41, 5.74) is 2.13. The lowest BCUT2D eigenvalue weighted by molar-refractivity contribution is 0.132. The molecule has 2 rings (SSSR count). The molecule has 0 fully saturated rings. The fourth-order valence-electron chi connectivity index (χ4n) is 2.56. The van der Waals surface area contributed by atoms with Gasteiger partial charge in [-0.25, -0.2) is 4.98 Å². The number of hydrogen-bond donors (Lipinski definition) is 2. The van der Waals surface area contributed by atoms with Gasteiger partial charge in [0.15, 0.2) is 0 Å². The molecule has 2 N–H and O–H groups in total. The average Bonchev–Trinajstić information content (AvgIpc) is 2.94. The van der Waals surface area contributed by atoms with Gasteiger partial charge in [-0.05, 0) is 52.2 Å². The van der Waals surface area contributed by atoms with Crippen LogP contribution >= 0.6 is 11.3 Å². The first kappa shape index (κ1) is 18.9. The Morgan fingerprint density at radius 3 is 2.54 bits per heavy atom.